The molecule has 1 aromatic carbocycles. The molecule has 0 aliphatic carbocycles. The molecule has 1 heterocycles. The molecule has 17 heavy (non-hydrogen) atoms. The minimum absolute atomic E-state index is 0.212. The zero-order chi connectivity index (χ0) is 12.3. The average Bonchev–Trinajstić information content (AvgIpc) is 2.79. The van der Waals surface area contributed by atoms with Gasteiger partial charge in [0.2, 0.25) is 0 Å². The Morgan fingerprint density at radius 2 is 2.06 bits per heavy atom. The van der Waals surface area contributed by atoms with Gasteiger partial charge in [0.25, 0.3) is 0 Å². The van der Waals surface area contributed by atoms with Crippen LogP contribution in [-0.4, -0.2) is 26.8 Å². The maximum atomic E-state index is 5.79. The zero-order valence-electron chi connectivity index (χ0n) is 9.87. The van der Waals surface area contributed by atoms with E-state index in [-0.39, 0.29) is 6.04 Å². The molecule has 0 aliphatic rings. The van der Waals surface area contributed by atoms with E-state index < -0.39 is 0 Å². The van der Waals surface area contributed by atoms with Gasteiger partial charge in [0.1, 0.15) is 5.75 Å². The molecule has 1 unspecified atom stereocenters. The van der Waals surface area contributed by atoms with E-state index in [1.807, 2.05) is 38.1 Å². The highest BCUT2D eigenvalue weighted by molar-refractivity contribution is 5.37. The van der Waals surface area contributed by atoms with Crippen LogP contribution < -0.4 is 10.5 Å². The van der Waals surface area contributed by atoms with Gasteiger partial charge in [0.15, 0.2) is 5.82 Å². The van der Waals surface area contributed by atoms with Crippen molar-refractivity contribution >= 4 is 0 Å². The van der Waals surface area contributed by atoms with Crippen LogP contribution in [0.5, 0.6) is 5.75 Å². The number of hydrogen-bond acceptors (Lipinski definition) is 5. The molecule has 90 valence electrons. The maximum Gasteiger partial charge on any atom is 0.173 e. The monoisotopic (exact) mass is 233 g/mol. The molecule has 2 rings (SSSR count). The number of aromatic nitrogens is 4. The van der Waals surface area contributed by atoms with Gasteiger partial charge in [0.05, 0.1) is 18.3 Å². The smallest absolute Gasteiger partial charge is 0.173 e. The number of ether oxygens (including phenoxy) is 1. The molecule has 0 radical (unpaired) electrons. The van der Waals surface area contributed by atoms with E-state index in [0.29, 0.717) is 12.4 Å². The first-order chi connectivity index (χ1) is 8.22. The van der Waals surface area contributed by atoms with Gasteiger partial charge in [-0.2, -0.15) is 4.68 Å². The van der Waals surface area contributed by atoms with Crippen molar-refractivity contribution < 1.29 is 4.74 Å². The van der Waals surface area contributed by atoms with Gasteiger partial charge in [-0.25, -0.2) is 0 Å². The van der Waals surface area contributed by atoms with Gasteiger partial charge >= 0.3 is 0 Å². The summed E-state index contributed by atoms with van der Waals surface area (Å²) < 4.78 is 7.00. The number of tetrazole rings is 1. The van der Waals surface area contributed by atoms with E-state index in [1.54, 1.807) is 4.68 Å². The Hall–Kier alpha value is -1.95. The molecule has 0 spiro atoms. The standard InChI is InChI=1S/C11H15N5O/c1-3-17-10-6-4-9(5-7-10)16-11(8(2)12)13-14-15-16/h4-8H,3,12H2,1-2H3. The number of benzene rings is 1. The SMILES string of the molecule is CCOc1ccc(-n2nnnc2C(C)N)cc1. The fourth-order valence-corrected chi connectivity index (χ4v) is 1.51. The summed E-state index contributed by atoms with van der Waals surface area (Å²) in [5.41, 5.74) is 6.65. The van der Waals surface area contributed by atoms with Crippen LogP contribution >= 0.6 is 0 Å². The lowest BCUT2D eigenvalue weighted by molar-refractivity contribution is 0.340. The number of nitrogens with zero attached hydrogens (tertiary/aromatic N) is 4. The first-order valence-electron chi connectivity index (χ1n) is 5.49. The third-order valence-corrected chi connectivity index (χ3v) is 2.29. The normalized spacial score (nSPS) is 12.4. The van der Waals surface area contributed by atoms with E-state index in [0.717, 1.165) is 11.4 Å². The second kappa shape index (κ2) is 4.92. The lowest BCUT2D eigenvalue weighted by atomic mass is 10.3. The van der Waals surface area contributed by atoms with Crippen molar-refractivity contribution in [3.05, 3.63) is 30.1 Å². The fraction of sp³-hybridized carbons (Fsp3) is 0.364. The van der Waals surface area contributed by atoms with Crippen molar-refractivity contribution in [2.45, 2.75) is 19.9 Å². The Morgan fingerprint density at radius 3 is 2.65 bits per heavy atom. The molecule has 2 N–H and O–H groups in total. The molecule has 2 aromatic rings. The molecule has 6 nitrogen and oxygen atoms in total. The predicted molar refractivity (Wildman–Crippen MR) is 62.9 cm³/mol. The number of nitrogens with two attached hydrogens (primary N) is 1. The molecule has 1 aromatic heterocycles. The molecule has 6 heteroatoms. The molecule has 0 amide bonds. The molecule has 0 aliphatic heterocycles. The summed E-state index contributed by atoms with van der Waals surface area (Å²) in [4.78, 5) is 0. The van der Waals surface area contributed by atoms with Crippen molar-refractivity contribution in [1.29, 1.82) is 0 Å². The van der Waals surface area contributed by atoms with Crippen molar-refractivity contribution in [3.8, 4) is 11.4 Å². The van der Waals surface area contributed by atoms with Gasteiger partial charge in [-0.15, -0.1) is 5.10 Å². The molecule has 0 saturated heterocycles. The van der Waals surface area contributed by atoms with Crippen LogP contribution in [0.4, 0.5) is 0 Å². The van der Waals surface area contributed by atoms with Gasteiger partial charge in [-0.05, 0) is 48.5 Å². The number of rotatable bonds is 4. The highest BCUT2D eigenvalue weighted by Gasteiger charge is 2.11. The Balaban J connectivity index is 2.30. The van der Waals surface area contributed by atoms with Gasteiger partial charge in [-0.1, -0.05) is 0 Å². The minimum atomic E-state index is -0.212. The Labute approximate surface area is 99.4 Å². The van der Waals surface area contributed by atoms with E-state index in [2.05, 4.69) is 15.5 Å². The minimum Gasteiger partial charge on any atom is -0.494 e. The van der Waals surface area contributed by atoms with Crippen LogP contribution in [0.25, 0.3) is 5.69 Å². The summed E-state index contributed by atoms with van der Waals surface area (Å²) in [5.74, 6) is 1.46. The van der Waals surface area contributed by atoms with Crippen LogP contribution in [0, 0.1) is 0 Å². The van der Waals surface area contributed by atoms with Crippen LogP contribution in [0.3, 0.4) is 0 Å². The Morgan fingerprint density at radius 1 is 1.35 bits per heavy atom. The van der Waals surface area contributed by atoms with E-state index in [1.165, 1.54) is 0 Å². The second-order valence-corrected chi connectivity index (χ2v) is 3.66. The third kappa shape index (κ3) is 2.42. The lowest BCUT2D eigenvalue weighted by Gasteiger charge is -2.08. The summed E-state index contributed by atoms with van der Waals surface area (Å²) in [6, 6.07) is 7.34. The van der Waals surface area contributed by atoms with E-state index >= 15 is 0 Å². The predicted octanol–water partition coefficient (Wildman–Crippen LogP) is 1.08. The van der Waals surface area contributed by atoms with E-state index in [4.69, 9.17) is 10.5 Å². The molecular formula is C11H15N5O. The summed E-state index contributed by atoms with van der Waals surface area (Å²) >= 11 is 0. The van der Waals surface area contributed by atoms with Crippen molar-refractivity contribution in [2.75, 3.05) is 6.61 Å². The highest BCUT2D eigenvalue weighted by atomic mass is 16.5. The summed E-state index contributed by atoms with van der Waals surface area (Å²) in [5, 5.41) is 11.4. The van der Waals surface area contributed by atoms with E-state index in [9.17, 15) is 0 Å². The molecule has 0 saturated carbocycles. The van der Waals surface area contributed by atoms with Crippen LogP contribution in [0.1, 0.15) is 25.7 Å². The van der Waals surface area contributed by atoms with Gasteiger partial charge in [0, 0.05) is 0 Å². The first-order valence-corrected chi connectivity index (χ1v) is 5.49. The maximum absolute atomic E-state index is 5.79. The molecule has 1 atom stereocenters. The van der Waals surface area contributed by atoms with Gasteiger partial charge < -0.3 is 10.5 Å². The quantitative estimate of drug-likeness (QED) is 0.854. The second-order valence-electron chi connectivity index (χ2n) is 3.66. The van der Waals surface area contributed by atoms with Gasteiger partial charge in [-0.3, -0.25) is 0 Å². The molecular weight excluding hydrogens is 218 g/mol. The number of hydrogen-bond donors (Lipinski definition) is 1. The molecule has 0 bridgehead atoms. The molecule has 0 fully saturated rings. The van der Waals surface area contributed by atoms with Crippen LogP contribution in [0.15, 0.2) is 24.3 Å². The largest absolute Gasteiger partial charge is 0.494 e. The van der Waals surface area contributed by atoms with Crippen LogP contribution in [0.2, 0.25) is 0 Å². The fourth-order valence-electron chi connectivity index (χ4n) is 1.51. The lowest BCUT2D eigenvalue weighted by Crippen LogP contribution is -2.13. The first kappa shape index (κ1) is 11.5. The van der Waals surface area contributed by atoms with Crippen LogP contribution in [-0.2, 0) is 0 Å². The van der Waals surface area contributed by atoms with Crippen molar-refractivity contribution in [2.24, 2.45) is 5.73 Å². The van der Waals surface area contributed by atoms with Crippen molar-refractivity contribution in [1.82, 2.24) is 20.2 Å². The average molecular weight is 233 g/mol. The Kier molecular flexibility index (Phi) is 3.34. The van der Waals surface area contributed by atoms with Crippen molar-refractivity contribution in [3.63, 3.8) is 0 Å². The topological polar surface area (TPSA) is 78.8 Å². The Bertz CT molecular complexity index is 477. The third-order valence-electron chi connectivity index (χ3n) is 2.29. The summed E-state index contributed by atoms with van der Waals surface area (Å²) in [7, 11) is 0. The highest BCUT2D eigenvalue weighted by Crippen LogP contribution is 2.16. The zero-order valence-corrected chi connectivity index (χ0v) is 9.87. The summed E-state index contributed by atoms with van der Waals surface area (Å²) in [6.45, 7) is 4.44. The summed E-state index contributed by atoms with van der Waals surface area (Å²) in [6.07, 6.45) is 0.